The van der Waals surface area contributed by atoms with E-state index in [0.717, 1.165) is 44.9 Å². The van der Waals surface area contributed by atoms with Crippen LogP contribution in [-0.2, 0) is 4.79 Å². The van der Waals surface area contributed by atoms with E-state index in [1.54, 1.807) is 0 Å². The molecule has 0 aliphatic heterocycles. The molecule has 0 aliphatic carbocycles. The summed E-state index contributed by atoms with van der Waals surface area (Å²) in [6, 6.07) is 0. The van der Waals surface area contributed by atoms with E-state index in [9.17, 15) is 9.90 Å². The summed E-state index contributed by atoms with van der Waals surface area (Å²) in [5.74, 6) is -0.676. The monoisotopic (exact) mass is 368 g/mol. The van der Waals surface area contributed by atoms with Gasteiger partial charge in [0.25, 0.3) is 0 Å². The van der Waals surface area contributed by atoms with Crippen LogP contribution in [-0.4, -0.2) is 22.3 Å². The van der Waals surface area contributed by atoms with Crippen LogP contribution in [0.2, 0.25) is 0 Å². The van der Waals surface area contributed by atoms with Gasteiger partial charge in [-0.05, 0) is 32.1 Å². The van der Waals surface area contributed by atoms with Crippen LogP contribution >= 0.6 is 0 Å². The number of carboxylic acid groups (broad SMARTS) is 1. The Labute approximate surface area is 162 Å². The molecule has 0 radical (unpaired) electrons. The van der Waals surface area contributed by atoms with Crippen LogP contribution in [0.25, 0.3) is 0 Å². The van der Waals surface area contributed by atoms with Gasteiger partial charge in [-0.2, -0.15) is 0 Å². The highest BCUT2D eigenvalue weighted by atomic mass is 16.4. The maximum atomic E-state index is 10.4. The lowest BCUT2D eigenvalue weighted by Gasteiger charge is -2.07. The second kappa shape index (κ2) is 20.5. The SMILES string of the molecule is CCCCCCCC=CCC(O)CCCCCCCCCCCC(=O)O. The van der Waals surface area contributed by atoms with E-state index in [4.69, 9.17) is 5.11 Å². The molecule has 0 aromatic heterocycles. The van der Waals surface area contributed by atoms with Crippen molar-refractivity contribution in [3.8, 4) is 0 Å². The van der Waals surface area contributed by atoms with Gasteiger partial charge < -0.3 is 10.2 Å². The van der Waals surface area contributed by atoms with Gasteiger partial charge in [-0.3, -0.25) is 4.79 Å². The molecule has 0 saturated carbocycles. The first-order valence-corrected chi connectivity index (χ1v) is 11.2. The molecular formula is C23H44O3. The molecular weight excluding hydrogens is 324 g/mol. The Morgan fingerprint density at radius 2 is 1.31 bits per heavy atom. The number of unbranched alkanes of at least 4 members (excludes halogenated alkanes) is 13. The van der Waals surface area contributed by atoms with Gasteiger partial charge >= 0.3 is 5.97 Å². The van der Waals surface area contributed by atoms with E-state index in [1.165, 1.54) is 64.2 Å². The van der Waals surface area contributed by atoms with Gasteiger partial charge in [0.15, 0.2) is 0 Å². The minimum Gasteiger partial charge on any atom is -0.481 e. The third-order valence-electron chi connectivity index (χ3n) is 4.98. The Balaban J connectivity index is 3.23. The van der Waals surface area contributed by atoms with E-state index in [2.05, 4.69) is 19.1 Å². The molecule has 154 valence electrons. The van der Waals surface area contributed by atoms with Crippen molar-refractivity contribution in [1.29, 1.82) is 0 Å². The number of carboxylic acids is 1. The number of allylic oxidation sites excluding steroid dienone is 1. The first-order chi connectivity index (χ1) is 12.7. The molecule has 1 atom stereocenters. The van der Waals surface area contributed by atoms with E-state index in [0.29, 0.717) is 6.42 Å². The van der Waals surface area contributed by atoms with E-state index >= 15 is 0 Å². The summed E-state index contributed by atoms with van der Waals surface area (Å²) in [5, 5.41) is 18.6. The zero-order valence-electron chi connectivity index (χ0n) is 17.3. The first-order valence-electron chi connectivity index (χ1n) is 11.2. The van der Waals surface area contributed by atoms with E-state index in [-0.39, 0.29) is 6.10 Å². The predicted molar refractivity (Wildman–Crippen MR) is 112 cm³/mol. The van der Waals surface area contributed by atoms with Crippen molar-refractivity contribution in [1.82, 2.24) is 0 Å². The molecule has 0 aliphatic rings. The Kier molecular flexibility index (Phi) is 19.8. The van der Waals surface area contributed by atoms with Crippen LogP contribution in [0.3, 0.4) is 0 Å². The second-order valence-electron chi connectivity index (χ2n) is 7.68. The van der Waals surface area contributed by atoms with Crippen molar-refractivity contribution in [2.45, 2.75) is 129 Å². The number of hydrogen-bond donors (Lipinski definition) is 2. The molecule has 26 heavy (non-hydrogen) atoms. The maximum Gasteiger partial charge on any atom is 0.303 e. The van der Waals surface area contributed by atoms with Gasteiger partial charge in [0.1, 0.15) is 0 Å². The number of aliphatic hydroxyl groups is 1. The molecule has 0 saturated heterocycles. The standard InChI is InChI=1S/C23H44O3/c1-2-3-4-5-6-10-13-16-19-22(24)20-17-14-11-8-7-9-12-15-18-21-23(25)26/h13,16,22,24H,2-12,14-15,17-21H2,1H3,(H,25,26). The van der Waals surface area contributed by atoms with Gasteiger partial charge in [-0.25, -0.2) is 0 Å². The van der Waals surface area contributed by atoms with Gasteiger partial charge in [0.2, 0.25) is 0 Å². The molecule has 0 heterocycles. The number of carbonyl (C=O) groups is 1. The van der Waals surface area contributed by atoms with Gasteiger partial charge in [0.05, 0.1) is 6.10 Å². The Morgan fingerprint density at radius 1 is 0.769 bits per heavy atom. The van der Waals surface area contributed by atoms with Gasteiger partial charge in [-0.1, -0.05) is 96.1 Å². The molecule has 3 heteroatoms. The van der Waals surface area contributed by atoms with Gasteiger partial charge in [-0.15, -0.1) is 0 Å². The van der Waals surface area contributed by atoms with Crippen LogP contribution in [0, 0.1) is 0 Å². The van der Waals surface area contributed by atoms with Crippen molar-refractivity contribution < 1.29 is 15.0 Å². The molecule has 0 aromatic carbocycles. The Morgan fingerprint density at radius 3 is 1.92 bits per heavy atom. The van der Waals surface area contributed by atoms with Crippen molar-refractivity contribution in [3.05, 3.63) is 12.2 Å². The summed E-state index contributed by atoms with van der Waals surface area (Å²) in [6.45, 7) is 2.24. The average Bonchev–Trinajstić information content (AvgIpc) is 2.61. The zero-order chi connectivity index (χ0) is 19.3. The fourth-order valence-corrected chi connectivity index (χ4v) is 3.25. The Hall–Kier alpha value is -0.830. The minimum absolute atomic E-state index is 0.166. The van der Waals surface area contributed by atoms with Crippen LogP contribution in [0.5, 0.6) is 0 Å². The fraction of sp³-hybridized carbons (Fsp3) is 0.870. The average molecular weight is 369 g/mol. The molecule has 0 spiro atoms. The maximum absolute atomic E-state index is 10.4. The molecule has 0 aromatic rings. The third-order valence-corrected chi connectivity index (χ3v) is 4.98. The van der Waals surface area contributed by atoms with Crippen molar-refractivity contribution in [3.63, 3.8) is 0 Å². The van der Waals surface area contributed by atoms with E-state index in [1.807, 2.05) is 0 Å². The first kappa shape index (κ1) is 25.2. The lowest BCUT2D eigenvalue weighted by molar-refractivity contribution is -0.137. The summed E-state index contributed by atoms with van der Waals surface area (Å²) >= 11 is 0. The van der Waals surface area contributed by atoms with Crippen LogP contribution in [0.4, 0.5) is 0 Å². The smallest absolute Gasteiger partial charge is 0.303 e. The normalized spacial score (nSPS) is 12.7. The summed E-state index contributed by atoms with van der Waals surface area (Å²) in [7, 11) is 0. The van der Waals surface area contributed by atoms with Crippen LogP contribution in [0.15, 0.2) is 12.2 Å². The quantitative estimate of drug-likeness (QED) is 0.179. The molecule has 0 fully saturated rings. The molecule has 0 rings (SSSR count). The van der Waals surface area contributed by atoms with Crippen LogP contribution in [0.1, 0.15) is 122 Å². The molecule has 1 unspecified atom stereocenters. The second-order valence-corrected chi connectivity index (χ2v) is 7.68. The molecule has 0 bridgehead atoms. The molecule has 2 N–H and O–H groups in total. The highest BCUT2D eigenvalue weighted by molar-refractivity contribution is 5.66. The van der Waals surface area contributed by atoms with Crippen molar-refractivity contribution in [2.75, 3.05) is 0 Å². The summed E-state index contributed by atoms with van der Waals surface area (Å²) in [6.07, 6.45) is 24.5. The minimum atomic E-state index is -0.676. The topological polar surface area (TPSA) is 57.5 Å². The summed E-state index contributed by atoms with van der Waals surface area (Å²) in [4.78, 5) is 10.4. The Bertz CT molecular complexity index is 325. The number of rotatable bonds is 20. The predicted octanol–water partition coefficient (Wildman–Crippen LogP) is 7.03. The zero-order valence-corrected chi connectivity index (χ0v) is 17.3. The number of aliphatic hydroxyl groups excluding tert-OH is 1. The van der Waals surface area contributed by atoms with Crippen molar-refractivity contribution >= 4 is 5.97 Å². The highest BCUT2D eigenvalue weighted by Gasteiger charge is 2.01. The van der Waals surface area contributed by atoms with E-state index < -0.39 is 5.97 Å². The number of aliphatic carboxylic acids is 1. The fourth-order valence-electron chi connectivity index (χ4n) is 3.25. The molecule has 0 amide bonds. The lowest BCUT2D eigenvalue weighted by Crippen LogP contribution is -2.04. The highest BCUT2D eigenvalue weighted by Crippen LogP contribution is 2.13. The largest absolute Gasteiger partial charge is 0.481 e. The number of hydrogen-bond acceptors (Lipinski definition) is 2. The lowest BCUT2D eigenvalue weighted by atomic mass is 10.0. The molecule has 3 nitrogen and oxygen atoms in total. The third kappa shape index (κ3) is 21.2. The summed E-state index contributed by atoms with van der Waals surface area (Å²) in [5.41, 5.74) is 0. The van der Waals surface area contributed by atoms with Crippen molar-refractivity contribution in [2.24, 2.45) is 0 Å². The van der Waals surface area contributed by atoms with Gasteiger partial charge in [0, 0.05) is 6.42 Å². The van der Waals surface area contributed by atoms with Crippen LogP contribution < -0.4 is 0 Å². The summed E-state index contributed by atoms with van der Waals surface area (Å²) < 4.78 is 0.